The van der Waals surface area contributed by atoms with Gasteiger partial charge in [0.2, 0.25) is 0 Å². The Morgan fingerprint density at radius 3 is 1.39 bits per heavy atom. The van der Waals surface area contributed by atoms with Gasteiger partial charge in [-0.1, -0.05) is 39.8 Å². The standard InChI is InChI=1S/C16H34P2/c1-12(6-13(2)8-15(4)10-17)7-14(3)9-16(5)11-18/h13-16H,1,6-11,17-18H2,2-5H3/t13-,14+,15-,16+. The van der Waals surface area contributed by atoms with Crippen LogP contribution in [0, 0.1) is 23.7 Å². The van der Waals surface area contributed by atoms with Gasteiger partial charge in [0.15, 0.2) is 0 Å². The third kappa shape index (κ3) is 9.52. The summed E-state index contributed by atoms with van der Waals surface area (Å²) < 4.78 is 0. The van der Waals surface area contributed by atoms with Gasteiger partial charge in [0.05, 0.1) is 0 Å². The van der Waals surface area contributed by atoms with Gasteiger partial charge in [0, 0.05) is 0 Å². The monoisotopic (exact) mass is 288 g/mol. The van der Waals surface area contributed by atoms with Crippen LogP contribution in [-0.4, -0.2) is 12.3 Å². The summed E-state index contributed by atoms with van der Waals surface area (Å²) in [5.74, 6) is 3.23. The lowest BCUT2D eigenvalue weighted by molar-refractivity contribution is 0.407. The first-order chi connectivity index (χ1) is 8.38. The molecule has 0 aromatic heterocycles. The van der Waals surface area contributed by atoms with Crippen molar-refractivity contribution in [2.24, 2.45) is 23.7 Å². The lowest BCUT2D eigenvalue weighted by Gasteiger charge is -2.20. The zero-order chi connectivity index (χ0) is 14.1. The summed E-state index contributed by atoms with van der Waals surface area (Å²) in [4.78, 5) is 0. The highest BCUT2D eigenvalue weighted by molar-refractivity contribution is 7.16. The molecule has 18 heavy (non-hydrogen) atoms. The molecule has 0 saturated carbocycles. The van der Waals surface area contributed by atoms with Gasteiger partial charge in [-0.25, -0.2) is 0 Å². The first kappa shape index (κ1) is 18.6. The molecule has 0 spiro atoms. The third-order valence-electron chi connectivity index (χ3n) is 3.69. The Hall–Kier alpha value is 0.600. The van der Waals surface area contributed by atoms with Gasteiger partial charge in [-0.3, -0.25) is 0 Å². The van der Waals surface area contributed by atoms with E-state index in [9.17, 15) is 0 Å². The molecule has 0 heterocycles. The predicted octanol–water partition coefficient (Wildman–Crippen LogP) is 5.40. The van der Waals surface area contributed by atoms with Crippen LogP contribution in [0.5, 0.6) is 0 Å². The van der Waals surface area contributed by atoms with Crippen LogP contribution < -0.4 is 0 Å². The molecule has 0 fully saturated rings. The smallest absolute Gasteiger partial charge is 0.0297 e. The average molecular weight is 288 g/mol. The van der Waals surface area contributed by atoms with E-state index in [2.05, 4.69) is 52.8 Å². The van der Waals surface area contributed by atoms with Crippen LogP contribution in [0.3, 0.4) is 0 Å². The molecule has 0 aromatic rings. The summed E-state index contributed by atoms with van der Waals surface area (Å²) in [7, 11) is 5.71. The highest BCUT2D eigenvalue weighted by Gasteiger charge is 2.12. The van der Waals surface area contributed by atoms with Gasteiger partial charge in [-0.15, -0.1) is 18.5 Å². The highest BCUT2D eigenvalue weighted by atomic mass is 31.0. The molecule has 0 N–H and O–H groups in total. The van der Waals surface area contributed by atoms with Crippen LogP contribution in [0.25, 0.3) is 0 Å². The van der Waals surface area contributed by atoms with E-state index in [-0.39, 0.29) is 0 Å². The molecular weight excluding hydrogens is 254 g/mol. The van der Waals surface area contributed by atoms with Gasteiger partial charge >= 0.3 is 0 Å². The van der Waals surface area contributed by atoms with E-state index in [0.717, 1.165) is 23.7 Å². The Morgan fingerprint density at radius 2 is 1.11 bits per heavy atom. The topological polar surface area (TPSA) is 0 Å². The van der Waals surface area contributed by atoms with Crippen molar-refractivity contribution in [2.75, 3.05) is 12.3 Å². The summed E-state index contributed by atoms with van der Waals surface area (Å²) >= 11 is 0. The first-order valence-corrected chi connectivity index (χ1v) is 9.09. The Kier molecular flexibility index (Phi) is 10.7. The Balaban J connectivity index is 3.88. The van der Waals surface area contributed by atoms with Crippen LogP contribution in [0.1, 0.15) is 53.4 Å². The SMILES string of the molecule is C=C(C[C@@H](C)C[C@@H](C)CP)C[C@H](C)C[C@H](C)CP. The Morgan fingerprint density at radius 1 is 0.778 bits per heavy atom. The minimum Gasteiger partial charge on any atom is -0.137 e. The second-order valence-electron chi connectivity index (χ2n) is 6.52. The fourth-order valence-corrected chi connectivity index (χ4v) is 3.19. The predicted molar refractivity (Wildman–Crippen MR) is 93.4 cm³/mol. The van der Waals surface area contributed by atoms with Gasteiger partial charge in [-0.05, 0) is 61.7 Å². The summed E-state index contributed by atoms with van der Waals surface area (Å²) in [5.41, 5.74) is 1.46. The molecule has 2 unspecified atom stereocenters. The summed E-state index contributed by atoms with van der Waals surface area (Å²) in [6.45, 7) is 13.7. The number of allylic oxidation sites excluding steroid dienone is 1. The molecule has 0 aromatic carbocycles. The average Bonchev–Trinajstić information content (AvgIpc) is 2.27. The molecule has 0 saturated heterocycles. The van der Waals surface area contributed by atoms with Crippen molar-refractivity contribution in [1.82, 2.24) is 0 Å². The molecular formula is C16H34P2. The minimum absolute atomic E-state index is 0.791. The molecule has 0 aliphatic rings. The van der Waals surface area contributed by atoms with E-state index in [1.807, 2.05) is 0 Å². The largest absolute Gasteiger partial charge is 0.137 e. The van der Waals surface area contributed by atoms with E-state index in [1.165, 1.54) is 43.6 Å². The van der Waals surface area contributed by atoms with Gasteiger partial charge in [0.25, 0.3) is 0 Å². The Bertz CT molecular complexity index is 203. The van der Waals surface area contributed by atoms with E-state index < -0.39 is 0 Å². The first-order valence-electron chi connectivity index (χ1n) is 7.45. The number of hydrogen-bond donors (Lipinski definition) is 0. The third-order valence-corrected chi connectivity index (χ3v) is 5.30. The van der Waals surface area contributed by atoms with E-state index in [1.54, 1.807) is 0 Å². The summed E-state index contributed by atoms with van der Waals surface area (Å²) in [5, 5.41) is 0. The zero-order valence-electron chi connectivity index (χ0n) is 12.9. The molecule has 0 rings (SSSR count). The quantitative estimate of drug-likeness (QED) is 0.373. The normalized spacial score (nSPS) is 18.1. The highest BCUT2D eigenvalue weighted by Crippen LogP contribution is 2.26. The van der Waals surface area contributed by atoms with Gasteiger partial charge in [-0.2, -0.15) is 0 Å². The second kappa shape index (κ2) is 10.4. The van der Waals surface area contributed by atoms with Crippen molar-refractivity contribution in [3.05, 3.63) is 12.2 Å². The van der Waals surface area contributed by atoms with Crippen molar-refractivity contribution in [3.8, 4) is 0 Å². The maximum Gasteiger partial charge on any atom is -0.0297 e. The van der Waals surface area contributed by atoms with Crippen LogP contribution in [-0.2, 0) is 0 Å². The molecule has 2 heteroatoms. The lowest BCUT2D eigenvalue weighted by atomic mass is 9.87. The molecule has 0 nitrogen and oxygen atoms in total. The van der Waals surface area contributed by atoms with Crippen molar-refractivity contribution in [1.29, 1.82) is 0 Å². The second-order valence-corrected chi connectivity index (χ2v) is 7.46. The van der Waals surface area contributed by atoms with Crippen molar-refractivity contribution in [2.45, 2.75) is 53.4 Å². The number of hydrogen-bond acceptors (Lipinski definition) is 0. The maximum atomic E-state index is 4.29. The molecule has 0 bridgehead atoms. The van der Waals surface area contributed by atoms with E-state index >= 15 is 0 Å². The van der Waals surface area contributed by atoms with Crippen molar-refractivity contribution >= 4 is 18.5 Å². The van der Waals surface area contributed by atoms with Crippen LogP contribution in [0.2, 0.25) is 0 Å². The molecule has 0 aliphatic carbocycles. The fraction of sp³-hybridized carbons (Fsp3) is 0.875. The number of rotatable bonds is 10. The van der Waals surface area contributed by atoms with E-state index in [4.69, 9.17) is 0 Å². The van der Waals surface area contributed by atoms with Crippen LogP contribution >= 0.6 is 18.5 Å². The van der Waals surface area contributed by atoms with Crippen molar-refractivity contribution < 1.29 is 0 Å². The summed E-state index contributed by atoms with van der Waals surface area (Å²) in [6, 6.07) is 0. The molecule has 108 valence electrons. The van der Waals surface area contributed by atoms with Gasteiger partial charge < -0.3 is 0 Å². The Labute approximate surface area is 120 Å². The zero-order valence-corrected chi connectivity index (χ0v) is 15.2. The summed E-state index contributed by atoms with van der Waals surface area (Å²) in [6.07, 6.45) is 7.54. The van der Waals surface area contributed by atoms with Crippen LogP contribution in [0.4, 0.5) is 0 Å². The maximum absolute atomic E-state index is 4.29. The van der Waals surface area contributed by atoms with Gasteiger partial charge in [0.1, 0.15) is 0 Å². The van der Waals surface area contributed by atoms with Crippen LogP contribution in [0.15, 0.2) is 12.2 Å². The molecule has 0 amide bonds. The molecule has 6 atom stereocenters. The molecule has 0 radical (unpaired) electrons. The lowest BCUT2D eigenvalue weighted by Crippen LogP contribution is -2.08. The minimum atomic E-state index is 0.791. The van der Waals surface area contributed by atoms with E-state index in [0.29, 0.717) is 0 Å². The fourth-order valence-electron chi connectivity index (χ4n) is 2.80. The molecule has 0 aliphatic heterocycles. The van der Waals surface area contributed by atoms with Crippen molar-refractivity contribution in [3.63, 3.8) is 0 Å².